The van der Waals surface area contributed by atoms with E-state index in [0.717, 1.165) is 18.4 Å². The Balaban J connectivity index is 3.24. The molecule has 0 aromatic heterocycles. The third-order valence-electron chi connectivity index (χ3n) is 2.83. The van der Waals surface area contributed by atoms with Gasteiger partial charge in [-0.15, -0.1) is 9.24 Å². The molecule has 0 bridgehead atoms. The molecule has 0 spiro atoms. The van der Waals surface area contributed by atoms with Crippen molar-refractivity contribution in [1.82, 2.24) is 0 Å². The summed E-state index contributed by atoms with van der Waals surface area (Å²) in [7, 11) is 5.75. The lowest BCUT2D eigenvalue weighted by molar-refractivity contribution is 0.0980. The zero-order valence-corrected chi connectivity index (χ0v) is 12.6. The van der Waals surface area contributed by atoms with Gasteiger partial charge in [0.1, 0.15) is 17.1 Å². The van der Waals surface area contributed by atoms with Crippen LogP contribution in [0.3, 0.4) is 0 Å². The van der Waals surface area contributed by atoms with Gasteiger partial charge < -0.3 is 9.47 Å². The summed E-state index contributed by atoms with van der Waals surface area (Å²) >= 11 is 0. The Morgan fingerprint density at radius 1 is 1.28 bits per heavy atom. The fourth-order valence-corrected chi connectivity index (χ4v) is 2.41. The van der Waals surface area contributed by atoms with Crippen molar-refractivity contribution in [2.75, 3.05) is 14.2 Å². The van der Waals surface area contributed by atoms with Crippen LogP contribution in [0.2, 0.25) is 0 Å². The first kappa shape index (κ1) is 15.0. The number of carbonyl (C=O) groups is 1. The summed E-state index contributed by atoms with van der Waals surface area (Å²) in [5, 5.41) is 0. The quantitative estimate of drug-likeness (QED) is 0.587. The molecular formula is C14H21O3P. The van der Waals surface area contributed by atoms with Crippen LogP contribution in [0.25, 0.3) is 0 Å². The van der Waals surface area contributed by atoms with Crippen molar-refractivity contribution in [3.05, 3.63) is 23.3 Å². The average molecular weight is 268 g/mol. The first-order valence-corrected chi connectivity index (χ1v) is 6.74. The van der Waals surface area contributed by atoms with Crippen LogP contribution in [0.5, 0.6) is 11.5 Å². The Morgan fingerprint density at radius 2 is 1.78 bits per heavy atom. The van der Waals surface area contributed by atoms with Crippen LogP contribution in [-0.4, -0.2) is 25.7 Å². The normalized spacial score (nSPS) is 12.1. The lowest BCUT2D eigenvalue weighted by Crippen LogP contribution is -2.16. The second-order valence-corrected chi connectivity index (χ2v) is 5.11. The summed E-state index contributed by atoms with van der Waals surface area (Å²) in [6.07, 6.45) is 1.81. The van der Waals surface area contributed by atoms with Gasteiger partial charge >= 0.3 is 0 Å². The zero-order chi connectivity index (χ0) is 13.7. The third-order valence-corrected chi connectivity index (χ3v) is 3.47. The highest BCUT2D eigenvalue weighted by Crippen LogP contribution is 2.33. The van der Waals surface area contributed by atoms with Gasteiger partial charge in [-0.3, -0.25) is 4.79 Å². The number of methoxy groups -OCH3 is 2. The van der Waals surface area contributed by atoms with Crippen LogP contribution in [0, 0.1) is 6.92 Å². The largest absolute Gasteiger partial charge is 0.496 e. The summed E-state index contributed by atoms with van der Waals surface area (Å²) in [5.74, 6) is 1.22. The molecule has 3 nitrogen and oxygen atoms in total. The molecule has 0 fully saturated rings. The Kier molecular flexibility index (Phi) is 5.61. The number of hydrogen-bond acceptors (Lipinski definition) is 3. The van der Waals surface area contributed by atoms with E-state index < -0.39 is 0 Å². The molecule has 0 aliphatic heterocycles. The topological polar surface area (TPSA) is 35.5 Å². The SMILES string of the molecule is CCCC(P)C(=O)c1c(OC)cc(C)cc1OC. The summed E-state index contributed by atoms with van der Waals surface area (Å²) in [5.41, 5.74) is 1.45. The van der Waals surface area contributed by atoms with Crippen molar-refractivity contribution < 1.29 is 14.3 Å². The predicted molar refractivity (Wildman–Crippen MR) is 77.0 cm³/mol. The molecule has 0 N–H and O–H groups in total. The molecule has 1 aromatic carbocycles. The van der Waals surface area contributed by atoms with Gasteiger partial charge in [0.15, 0.2) is 5.78 Å². The van der Waals surface area contributed by atoms with Gasteiger partial charge in [0.2, 0.25) is 0 Å². The summed E-state index contributed by atoms with van der Waals surface area (Å²) in [4.78, 5) is 12.4. The van der Waals surface area contributed by atoms with E-state index in [2.05, 4.69) is 16.2 Å². The number of hydrogen-bond donors (Lipinski definition) is 0. The van der Waals surface area contributed by atoms with E-state index in [1.165, 1.54) is 0 Å². The van der Waals surface area contributed by atoms with Crippen LogP contribution in [0.1, 0.15) is 35.7 Å². The Morgan fingerprint density at radius 3 is 2.17 bits per heavy atom. The number of aryl methyl sites for hydroxylation is 1. The highest BCUT2D eigenvalue weighted by atomic mass is 31.0. The number of ketones is 1. The van der Waals surface area contributed by atoms with E-state index in [1.54, 1.807) is 14.2 Å². The molecule has 4 heteroatoms. The maximum Gasteiger partial charge on any atom is 0.177 e. The molecule has 0 aliphatic carbocycles. The first-order chi connectivity index (χ1) is 8.54. The highest BCUT2D eigenvalue weighted by Gasteiger charge is 2.23. The standard InChI is InChI=1S/C14H21O3P/c1-5-6-12(18)14(15)13-10(16-3)7-9(2)8-11(13)17-4/h7-8,12H,5-6,18H2,1-4H3. The predicted octanol–water partition coefficient (Wildman–Crippen LogP) is 3.24. The molecule has 0 saturated carbocycles. The van der Waals surface area contributed by atoms with E-state index >= 15 is 0 Å². The Hall–Kier alpha value is -1.08. The van der Waals surface area contributed by atoms with E-state index in [-0.39, 0.29) is 11.4 Å². The second-order valence-electron chi connectivity index (χ2n) is 4.30. The number of rotatable bonds is 6. The van der Waals surface area contributed by atoms with Crippen LogP contribution < -0.4 is 9.47 Å². The number of carbonyl (C=O) groups excluding carboxylic acids is 1. The maximum absolute atomic E-state index is 12.4. The van der Waals surface area contributed by atoms with Crippen LogP contribution >= 0.6 is 9.24 Å². The van der Waals surface area contributed by atoms with Crippen molar-refractivity contribution in [3.8, 4) is 11.5 Å². The molecule has 1 rings (SSSR count). The van der Waals surface area contributed by atoms with Crippen molar-refractivity contribution in [3.63, 3.8) is 0 Å². The van der Waals surface area contributed by atoms with Crippen LogP contribution in [0.4, 0.5) is 0 Å². The van der Waals surface area contributed by atoms with Crippen LogP contribution in [0.15, 0.2) is 12.1 Å². The Bertz CT molecular complexity index is 404. The lowest BCUT2D eigenvalue weighted by Gasteiger charge is -2.16. The van der Waals surface area contributed by atoms with Gasteiger partial charge in [0, 0.05) is 5.66 Å². The summed E-state index contributed by atoms with van der Waals surface area (Å²) in [6, 6.07) is 3.72. The minimum absolute atomic E-state index is 0.0514. The fourth-order valence-electron chi connectivity index (χ4n) is 1.91. The molecule has 100 valence electrons. The van der Waals surface area contributed by atoms with Gasteiger partial charge in [-0.1, -0.05) is 13.3 Å². The van der Waals surface area contributed by atoms with E-state index in [0.29, 0.717) is 17.1 Å². The van der Waals surface area contributed by atoms with Crippen molar-refractivity contribution in [2.24, 2.45) is 0 Å². The van der Waals surface area contributed by atoms with E-state index in [4.69, 9.17) is 9.47 Å². The van der Waals surface area contributed by atoms with Gasteiger partial charge in [-0.2, -0.15) is 0 Å². The lowest BCUT2D eigenvalue weighted by atomic mass is 10.0. The molecule has 18 heavy (non-hydrogen) atoms. The smallest absolute Gasteiger partial charge is 0.177 e. The molecule has 0 amide bonds. The molecule has 1 aromatic rings. The van der Waals surface area contributed by atoms with Crippen molar-refractivity contribution in [1.29, 1.82) is 0 Å². The second kappa shape index (κ2) is 6.75. The number of Topliss-reactive ketones (excluding diaryl/α,β-unsaturated/α-hetero) is 1. The third kappa shape index (κ3) is 3.23. The monoisotopic (exact) mass is 268 g/mol. The average Bonchev–Trinajstić information content (AvgIpc) is 2.36. The maximum atomic E-state index is 12.4. The fraction of sp³-hybridized carbons (Fsp3) is 0.500. The van der Waals surface area contributed by atoms with Crippen molar-refractivity contribution in [2.45, 2.75) is 32.3 Å². The minimum Gasteiger partial charge on any atom is -0.496 e. The van der Waals surface area contributed by atoms with Crippen molar-refractivity contribution >= 4 is 15.0 Å². The van der Waals surface area contributed by atoms with Gasteiger partial charge in [0.05, 0.1) is 14.2 Å². The number of benzene rings is 1. The van der Waals surface area contributed by atoms with E-state index in [9.17, 15) is 4.79 Å². The molecule has 0 aliphatic rings. The molecule has 0 saturated heterocycles. The van der Waals surface area contributed by atoms with E-state index in [1.807, 2.05) is 19.1 Å². The first-order valence-electron chi connectivity index (χ1n) is 6.07. The number of ether oxygens (including phenoxy) is 2. The zero-order valence-electron chi connectivity index (χ0n) is 11.4. The molecule has 2 atom stereocenters. The highest BCUT2D eigenvalue weighted by molar-refractivity contribution is 7.19. The van der Waals surface area contributed by atoms with Gasteiger partial charge in [-0.05, 0) is 31.0 Å². The molecule has 0 heterocycles. The molecular weight excluding hydrogens is 247 g/mol. The summed E-state index contributed by atoms with van der Waals surface area (Å²) < 4.78 is 10.6. The minimum atomic E-state index is -0.0968. The van der Waals surface area contributed by atoms with Crippen LogP contribution in [-0.2, 0) is 0 Å². The van der Waals surface area contributed by atoms with Gasteiger partial charge in [-0.25, -0.2) is 0 Å². The van der Waals surface area contributed by atoms with Gasteiger partial charge in [0.25, 0.3) is 0 Å². The molecule has 0 radical (unpaired) electrons. The Labute approximate surface area is 111 Å². The summed E-state index contributed by atoms with van der Waals surface area (Å²) in [6.45, 7) is 4.01. The molecule has 2 unspecified atom stereocenters.